The van der Waals surface area contributed by atoms with E-state index in [9.17, 15) is 18.8 Å². The number of hydrogen-bond donors (Lipinski definition) is 8. The first-order chi connectivity index (χ1) is 50.3. The topological polar surface area (TPSA) is 231 Å². The summed E-state index contributed by atoms with van der Waals surface area (Å²) in [6.45, 7) is 15.9. The number of hydrogen-bond acceptors (Lipinski definition) is 16. The van der Waals surface area contributed by atoms with Crippen molar-refractivity contribution in [1.82, 2.24) is 65.1 Å². The van der Waals surface area contributed by atoms with Crippen molar-refractivity contribution < 1.29 is 18.8 Å². The van der Waals surface area contributed by atoms with Gasteiger partial charge in [0, 0.05) is 168 Å². The lowest BCUT2D eigenvalue weighted by molar-refractivity contribution is 0.0958. The van der Waals surface area contributed by atoms with Gasteiger partial charge in [0.2, 0.25) is 0 Å². The molecule has 5 aromatic carbocycles. The lowest BCUT2D eigenvalue weighted by atomic mass is 9.93. The number of para-hydroxylation sites is 1. The molecular weight excluding hydrogens is 1290 g/mol. The number of likely N-dealkylation sites (N-methyl/N-ethyl adjacent to an activating group) is 3. The van der Waals surface area contributed by atoms with E-state index in [1.54, 1.807) is 6.07 Å². The summed E-state index contributed by atoms with van der Waals surface area (Å²) in [4.78, 5) is 77.7. The van der Waals surface area contributed by atoms with Gasteiger partial charge in [0.1, 0.15) is 28.9 Å². The number of H-pyrrole nitrogens is 2. The summed E-state index contributed by atoms with van der Waals surface area (Å²) in [5.74, 6) is 1.65. The molecule has 0 aliphatic carbocycles. The molecular formula is C80H82FN19O3. The Hall–Kier alpha value is -11.7. The zero-order valence-corrected chi connectivity index (χ0v) is 58.4. The van der Waals surface area contributed by atoms with Crippen LogP contribution in [-0.4, -0.2) is 167 Å². The van der Waals surface area contributed by atoms with Crippen molar-refractivity contribution in [3.8, 4) is 33.4 Å². The Kier molecular flexibility index (Phi) is 18.0. The van der Waals surface area contributed by atoms with E-state index in [-0.39, 0.29) is 23.5 Å². The fourth-order valence-corrected chi connectivity index (χ4v) is 15.1. The van der Waals surface area contributed by atoms with Crippen LogP contribution in [0.2, 0.25) is 0 Å². The molecule has 522 valence electrons. The maximum Gasteiger partial charge on any atom is 0.254 e. The summed E-state index contributed by atoms with van der Waals surface area (Å²) in [6, 6.07) is 41.5. The molecule has 8 N–H and O–H groups in total. The van der Waals surface area contributed by atoms with Crippen molar-refractivity contribution in [2.45, 2.75) is 33.0 Å². The van der Waals surface area contributed by atoms with E-state index in [2.05, 4.69) is 174 Å². The van der Waals surface area contributed by atoms with Gasteiger partial charge in [-0.1, -0.05) is 43.3 Å². The summed E-state index contributed by atoms with van der Waals surface area (Å²) >= 11 is 0. The number of carbonyl (C=O) groups is 3. The lowest BCUT2D eigenvalue weighted by Gasteiger charge is -2.33. The number of nitrogens with one attached hydrogen (secondary N) is 8. The van der Waals surface area contributed by atoms with Gasteiger partial charge in [0.25, 0.3) is 17.7 Å². The molecule has 3 saturated heterocycles. The smallest absolute Gasteiger partial charge is 0.254 e. The van der Waals surface area contributed by atoms with E-state index in [0.29, 0.717) is 42.1 Å². The van der Waals surface area contributed by atoms with E-state index in [0.717, 1.165) is 203 Å². The van der Waals surface area contributed by atoms with Crippen LogP contribution in [0.15, 0.2) is 165 Å². The molecule has 13 heterocycles. The van der Waals surface area contributed by atoms with Crippen molar-refractivity contribution in [2.75, 3.05) is 130 Å². The van der Waals surface area contributed by atoms with Crippen molar-refractivity contribution in [3.63, 3.8) is 0 Å². The number of aryl methyl sites for hydroxylation is 2. The number of aromatic amines is 2. The fraction of sp³-hybridized carbons (Fsp3) is 0.263. The molecule has 3 amide bonds. The molecule has 6 aliphatic rings. The fourth-order valence-electron chi connectivity index (χ4n) is 15.1. The number of nitrogens with zero attached hydrogens (tertiary/aromatic N) is 11. The van der Waals surface area contributed by atoms with Gasteiger partial charge >= 0.3 is 0 Å². The Morgan fingerprint density at radius 1 is 0.437 bits per heavy atom. The zero-order valence-electron chi connectivity index (χ0n) is 58.4. The van der Waals surface area contributed by atoms with Crippen molar-refractivity contribution in [1.29, 1.82) is 0 Å². The number of carbonyl (C=O) groups excluding carboxylic acids is 3. The minimum absolute atomic E-state index is 0.0451. The number of pyridine rings is 4. The molecule has 23 heteroatoms. The summed E-state index contributed by atoms with van der Waals surface area (Å²) in [6.07, 6.45) is 12.3. The quantitative estimate of drug-likeness (QED) is 0.0536. The molecule has 6 aliphatic heterocycles. The summed E-state index contributed by atoms with van der Waals surface area (Å²) < 4.78 is 15.6. The van der Waals surface area contributed by atoms with E-state index >= 15 is 0 Å². The predicted octanol–water partition coefficient (Wildman–Crippen LogP) is 12.0. The van der Waals surface area contributed by atoms with Gasteiger partial charge in [0.05, 0.1) is 69.4 Å². The van der Waals surface area contributed by atoms with Crippen LogP contribution < -0.4 is 46.6 Å². The van der Waals surface area contributed by atoms with Crippen molar-refractivity contribution in [2.24, 2.45) is 7.05 Å². The first-order valence-electron chi connectivity index (χ1n) is 35.4. The third-order valence-corrected chi connectivity index (χ3v) is 20.9. The minimum atomic E-state index is -0.284. The van der Waals surface area contributed by atoms with Gasteiger partial charge in [-0.15, -0.1) is 0 Å². The second-order valence-corrected chi connectivity index (χ2v) is 27.3. The summed E-state index contributed by atoms with van der Waals surface area (Å²) in [7, 11) is 8.44. The average molecular weight is 1380 g/mol. The molecule has 12 aromatic rings. The lowest BCUT2D eigenvalue weighted by Crippen LogP contribution is -2.44. The largest absolute Gasteiger partial charge is 0.368 e. The predicted molar refractivity (Wildman–Crippen MR) is 408 cm³/mol. The molecule has 0 radical (unpaired) electrons. The molecule has 0 spiro atoms. The molecule has 0 bridgehead atoms. The average Bonchev–Trinajstić information content (AvgIpc) is 1.64. The van der Waals surface area contributed by atoms with E-state index in [4.69, 9.17) is 0 Å². The molecule has 0 unspecified atom stereocenters. The van der Waals surface area contributed by atoms with E-state index < -0.39 is 0 Å². The summed E-state index contributed by atoms with van der Waals surface area (Å²) in [5.41, 5.74) is 20.9. The Labute approximate surface area is 596 Å². The first kappa shape index (κ1) is 65.9. The zero-order chi connectivity index (χ0) is 70.4. The highest BCUT2D eigenvalue weighted by Gasteiger charge is 2.32. The number of benzene rings is 5. The first-order valence-corrected chi connectivity index (χ1v) is 35.4. The van der Waals surface area contributed by atoms with Crippen LogP contribution in [0.5, 0.6) is 0 Å². The Morgan fingerprint density at radius 2 is 0.903 bits per heavy atom. The molecule has 0 atom stereocenters. The number of aromatic nitrogens is 7. The maximum absolute atomic E-state index is 13.6. The highest BCUT2D eigenvalue weighted by Crippen LogP contribution is 2.43. The molecule has 7 aromatic heterocycles. The maximum atomic E-state index is 13.6. The minimum Gasteiger partial charge on any atom is -0.368 e. The second-order valence-electron chi connectivity index (χ2n) is 27.3. The van der Waals surface area contributed by atoms with Crippen molar-refractivity contribution >= 4 is 102 Å². The molecule has 0 saturated carbocycles. The number of rotatable bonds is 13. The molecule has 3 fully saturated rings. The van der Waals surface area contributed by atoms with Crippen molar-refractivity contribution in [3.05, 3.63) is 209 Å². The van der Waals surface area contributed by atoms with Gasteiger partial charge in [0.15, 0.2) is 0 Å². The molecule has 22 nitrogen and oxygen atoms in total. The molecule has 103 heavy (non-hydrogen) atoms. The standard InChI is InChI=1S/C28H30N6O.C26H25FN6O.C26H27N7O/c1-3-22-26(20-6-4-5-7-23(20)31-22)19-9-10-24(27-21(19)17-30-28(27)35)32-25-11-8-18(16-29-25)34-14-12-33(2)13-15-34;1-32-8-10-33(11-9-32)17-3-7-24(29-13-17)31-22-6-5-18(21-15-30-26(34)25(21)22)20-14-28-23-12-16(27)2-4-19(20)23;1-31-11-13-33(14-12-31)17-3-6-23(28-15-17)30-22-5-4-18(21-16-29-26(34)24(21)22)19-7-9-27-25-20(19)8-10-32(25)2/h4-11,16,31H,3,12-15,17H2,1-2H3,(H,29,32)(H,30,35);2-7,12-14,28H,8-11,15H2,1H3,(H,29,31)(H,30,34);3-10,15H,11-14,16H2,1-2H3,(H,28,30)(H,29,34). The number of halogens is 1. The third-order valence-electron chi connectivity index (χ3n) is 20.9. The Morgan fingerprint density at radius 3 is 1.38 bits per heavy atom. The van der Waals surface area contributed by atoms with Crippen LogP contribution in [0.25, 0.3) is 66.2 Å². The number of amides is 3. The number of anilines is 9. The SMILES string of the molecule is CCc1[nH]c2ccccc2c1-c1ccc(Nc2ccc(N3CCN(C)CC3)cn2)c2c1CNC2=O.CN1CCN(c2ccc(Nc3ccc(-c4c[nH]c5cc(F)ccc45)c4c3C(=O)NC4)nc2)CC1.CN1CCN(c2ccc(Nc3ccc(-c4ccnc5c4ccn5C)c4c3C(=O)NC4)nc2)CC1. The van der Waals surface area contributed by atoms with Gasteiger partial charge in [-0.3, -0.25) is 14.4 Å². The third kappa shape index (κ3) is 13.1. The summed E-state index contributed by atoms with van der Waals surface area (Å²) in [5, 5.41) is 22.3. The van der Waals surface area contributed by atoms with E-state index in [1.165, 1.54) is 28.8 Å². The van der Waals surface area contributed by atoms with Crippen LogP contribution in [0.3, 0.4) is 0 Å². The van der Waals surface area contributed by atoms with E-state index in [1.807, 2.05) is 103 Å². The monoisotopic (exact) mass is 1380 g/mol. The van der Waals surface area contributed by atoms with Crippen LogP contribution in [0.4, 0.5) is 56.0 Å². The highest BCUT2D eigenvalue weighted by molar-refractivity contribution is 6.10. The van der Waals surface area contributed by atoms with Gasteiger partial charge in [-0.25, -0.2) is 24.3 Å². The van der Waals surface area contributed by atoms with Crippen LogP contribution in [-0.2, 0) is 33.1 Å². The Bertz CT molecular complexity index is 5200. The highest BCUT2D eigenvalue weighted by atomic mass is 19.1. The second kappa shape index (κ2) is 28.0. The van der Waals surface area contributed by atoms with Gasteiger partial charge in [-0.2, -0.15) is 0 Å². The van der Waals surface area contributed by atoms with Crippen LogP contribution in [0.1, 0.15) is 60.4 Å². The normalized spacial score (nSPS) is 16.0. The van der Waals surface area contributed by atoms with Crippen LogP contribution in [0, 0.1) is 5.82 Å². The molecule has 18 rings (SSSR count). The number of fused-ring (bicyclic) bond motifs is 6. The number of piperazine rings is 3. The van der Waals surface area contributed by atoms with Crippen LogP contribution >= 0.6 is 0 Å². The Balaban J connectivity index is 0.000000119. The van der Waals surface area contributed by atoms with Gasteiger partial charge < -0.3 is 75.8 Å². The van der Waals surface area contributed by atoms with Gasteiger partial charge in [-0.05, 0) is 158 Å².